The summed E-state index contributed by atoms with van der Waals surface area (Å²) in [6.45, 7) is 3.62. The number of ether oxygens (including phenoxy) is 1. The lowest BCUT2D eigenvalue weighted by Crippen LogP contribution is -2.25. The maximum absolute atomic E-state index is 11.8. The van der Waals surface area contributed by atoms with Gasteiger partial charge in [0.05, 0.1) is 11.3 Å². The van der Waals surface area contributed by atoms with Gasteiger partial charge in [-0.2, -0.15) is 10.4 Å². The van der Waals surface area contributed by atoms with E-state index in [1.165, 1.54) is 0 Å². The van der Waals surface area contributed by atoms with Gasteiger partial charge in [-0.05, 0) is 31.5 Å². The van der Waals surface area contributed by atoms with Crippen LogP contribution in [0.25, 0.3) is 0 Å². The molecule has 0 spiro atoms. The predicted molar refractivity (Wildman–Crippen MR) is 88.2 cm³/mol. The number of hydrazone groups is 1. The monoisotopic (exact) mass is 307 g/mol. The van der Waals surface area contributed by atoms with Crippen molar-refractivity contribution in [3.05, 3.63) is 65.2 Å². The minimum atomic E-state index is -0.385. The van der Waals surface area contributed by atoms with Crippen molar-refractivity contribution in [3.8, 4) is 11.8 Å². The van der Waals surface area contributed by atoms with E-state index in [0.717, 1.165) is 11.1 Å². The van der Waals surface area contributed by atoms with Crippen molar-refractivity contribution < 1.29 is 9.53 Å². The molecule has 0 unspecified atom stereocenters. The molecule has 1 N–H and O–H groups in total. The summed E-state index contributed by atoms with van der Waals surface area (Å²) >= 11 is 0. The third-order valence-electron chi connectivity index (χ3n) is 3.18. The minimum absolute atomic E-state index is 0.205. The molecule has 0 radical (unpaired) electrons. The van der Waals surface area contributed by atoms with E-state index in [1.54, 1.807) is 24.3 Å². The molecule has 0 aliphatic heterocycles. The quantitative estimate of drug-likeness (QED) is 0.682. The Morgan fingerprint density at radius 3 is 2.61 bits per heavy atom. The standard InChI is InChI=1S/C18H17N3O2/c1-13-7-9-15(10-8-13)14(2)20-21-18(22)12-23-17-6-4-3-5-16(17)11-19/h3-10H,12H2,1-2H3,(H,21,22)/b20-14-. The number of nitrogens with one attached hydrogen (secondary N) is 1. The van der Waals surface area contributed by atoms with Crippen LogP contribution in [0.2, 0.25) is 0 Å². The summed E-state index contributed by atoms with van der Waals surface area (Å²) in [5.74, 6) is -0.00593. The van der Waals surface area contributed by atoms with E-state index < -0.39 is 0 Å². The lowest BCUT2D eigenvalue weighted by molar-refractivity contribution is -0.123. The van der Waals surface area contributed by atoms with Crippen molar-refractivity contribution in [1.82, 2.24) is 5.43 Å². The van der Waals surface area contributed by atoms with Gasteiger partial charge < -0.3 is 4.74 Å². The van der Waals surface area contributed by atoms with E-state index in [9.17, 15) is 4.79 Å². The van der Waals surface area contributed by atoms with E-state index in [4.69, 9.17) is 10.00 Å². The molecule has 2 aromatic rings. The maximum Gasteiger partial charge on any atom is 0.277 e. The molecule has 2 aromatic carbocycles. The topological polar surface area (TPSA) is 74.5 Å². The maximum atomic E-state index is 11.8. The zero-order valence-electron chi connectivity index (χ0n) is 13.0. The van der Waals surface area contributed by atoms with Gasteiger partial charge in [0.1, 0.15) is 11.8 Å². The summed E-state index contributed by atoms with van der Waals surface area (Å²) in [6.07, 6.45) is 0. The number of nitriles is 1. The van der Waals surface area contributed by atoms with Gasteiger partial charge in [0.2, 0.25) is 0 Å². The first-order valence-electron chi connectivity index (χ1n) is 7.12. The van der Waals surface area contributed by atoms with Crippen LogP contribution < -0.4 is 10.2 Å². The summed E-state index contributed by atoms with van der Waals surface area (Å²) in [6, 6.07) is 16.6. The molecule has 0 bridgehead atoms. The smallest absolute Gasteiger partial charge is 0.277 e. The number of hydrogen-bond donors (Lipinski definition) is 1. The van der Waals surface area contributed by atoms with Crippen molar-refractivity contribution in [2.24, 2.45) is 5.10 Å². The third kappa shape index (κ3) is 4.68. The molecular weight excluding hydrogens is 290 g/mol. The highest BCUT2D eigenvalue weighted by Gasteiger charge is 2.06. The Hall–Kier alpha value is -3.13. The number of rotatable bonds is 5. The third-order valence-corrected chi connectivity index (χ3v) is 3.18. The highest BCUT2D eigenvalue weighted by Crippen LogP contribution is 2.16. The number of aryl methyl sites for hydroxylation is 1. The van der Waals surface area contributed by atoms with Crippen LogP contribution in [-0.2, 0) is 4.79 Å². The lowest BCUT2D eigenvalue weighted by Gasteiger charge is -2.07. The van der Waals surface area contributed by atoms with Crippen molar-refractivity contribution in [2.45, 2.75) is 13.8 Å². The highest BCUT2D eigenvalue weighted by molar-refractivity contribution is 5.99. The summed E-state index contributed by atoms with van der Waals surface area (Å²) in [5, 5.41) is 13.0. The van der Waals surface area contributed by atoms with Gasteiger partial charge in [-0.25, -0.2) is 5.43 Å². The predicted octanol–water partition coefficient (Wildman–Crippen LogP) is 2.79. The zero-order chi connectivity index (χ0) is 16.7. The van der Waals surface area contributed by atoms with Crippen molar-refractivity contribution in [1.29, 1.82) is 5.26 Å². The van der Waals surface area contributed by atoms with E-state index in [2.05, 4.69) is 10.5 Å². The molecule has 2 rings (SSSR count). The van der Waals surface area contributed by atoms with Crippen LogP contribution in [0.15, 0.2) is 53.6 Å². The van der Waals surface area contributed by atoms with Crippen molar-refractivity contribution in [3.63, 3.8) is 0 Å². The van der Waals surface area contributed by atoms with Crippen LogP contribution in [0, 0.1) is 18.3 Å². The van der Waals surface area contributed by atoms with Gasteiger partial charge >= 0.3 is 0 Å². The molecular formula is C18H17N3O2. The number of nitrogens with zero attached hydrogens (tertiary/aromatic N) is 2. The zero-order valence-corrected chi connectivity index (χ0v) is 13.0. The second-order valence-corrected chi connectivity index (χ2v) is 4.99. The fourth-order valence-electron chi connectivity index (χ4n) is 1.87. The average molecular weight is 307 g/mol. The Kier molecular flexibility index (Phi) is 5.48. The second-order valence-electron chi connectivity index (χ2n) is 4.99. The molecule has 0 fully saturated rings. The molecule has 116 valence electrons. The Morgan fingerprint density at radius 1 is 1.22 bits per heavy atom. The Morgan fingerprint density at radius 2 is 1.91 bits per heavy atom. The number of hydrogen-bond acceptors (Lipinski definition) is 4. The van der Waals surface area contributed by atoms with Crippen LogP contribution in [0.1, 0.15) is 23.6 Å². The summed E-state index contributed by atoms with van der Waals surface area (Å²) in [5.41, 5.74) is 5.64. The molecule has 0 saturated heterocycles. The minimum Gasteiger partial charge on any atom is -0.482 e. The molecule has 0 aliphatic rings. The van der Waals surface area contributed by atoms with Gasteiger partial charge in [0, 0.05) is 0 Å². The largest absolute Gasteiger partial charge is 0.482 e. The molecule has 1 amide bonds. The van der Waals surface area contributed by atoms with Crippen LogP contribution in [0.5, 0.6) is 5.75 Å². The first-order chi connectivity index (χ1) is 11.1. The fourth-order valence-corrected chi connectivity index (χ4v) is 1.87. The molecule has 0 heterocycles. The first kappa shape index (κ1) is 16.2. The van der Waals surface area contributed by atoms with Gasteiger partial charge in [-0.15, -0.1) is 0 Å². The first-order valence-corrected chi connectivity index (χ1v) is 7.12. The van der Waals surface area contributed by atoms with Gasteiger partial charge in [-0.3, -0.25) is 4.79 Å². The lowest BCUT2D eigenvalue weighted by atomic mass is 10.1. The molecule has 0 aromatic heterocycles. The number of para-hydroxylation sites is 1. The summed E-state index contributed by atoms with van der Waals surface area (Å²) in [4.78, 5) is 11.8. The van der Waals surface area contributed by atoms with Crippen molar-refractivity contribution >= 4 is 11.6 Å². The molecule has 0 aliphatic carbocycles. The van der Waals surface area contributed by atoms with Crippen LogP contribution in [-0.4, -0.2) is 18.2 Å². The number of carbonyl (C=O) groups excluding carboxylic acids is 1. The number of amides is 1. The second kappa shape index (κ2) is 7.76. The van der Waals surface area contributed by atoms with E-state index in [1.807, 2.05) is 44.2 Å². The highest BCUT2D eigenvalue weighted by atomic mass is 16.5. The Labute approximate surface area is 135 Å². The van der Waals surface area contributed by atoms with E-state index in [0.29, 0.717) is 17.0 Å². The van der Waals surface area contributed by atoms with Crippen molar-refractivity contribution in [2.75, 3.05) is 6.61 Å². The normalized spacial score (nSPS) is 10.7. The van der Waals surface area contributed by atoms with Crippen LogP contribution >= 0.6 is 0 Å². The summed E-state index contributed by atoms with van der Waals surface area (Å²) < 4.78 is 5.34. The van der Waals surface area contributed by atoms with Crippen LogP contribution in [0.3, 0.4) is 0 Å². The SMILES string of the molecule is C/C(=N/NC(=O)COc1ccccc1C#N)c1ccc(C)cc1. The fraction of sp³-hybridized carbons (Fsp3) is 0.167. The summed E-state index contributed by atoms with van der Waals surface area (Å²) in [7, 11) is 0. The molecule has 5 heteroatoms. The van der Waals surface area contributed by atoms with Gasteiger partial charge in [0.15, 0.2) is 6.61 Å². The van der Waals surface area contributed by atoms with E-state index in [-0.39, 0.29) is 12.5 Å². The number of benzene rings is 2. The van der Waals surface area contributed by atoms with Gasteiger partial charge in [-0.1, -0.05) is 42.0 Å². The molecule has 0 saturated carbocycles. The Balaban J connectivity index is 1.91. The molecule has 23 heavy (non-hydrogen) atoms. The average Bonchev–Trinajstić information content (AvgIpc) is 2.58. The number of carbonyl (C=O) groups is 1. The molecule has 5 nitrogen and oxygen atoms in total. The van der Waals surface area contributed by atoms with Crippen LogP contribution in [0.4, 0.5) is 0 Å². The Bertz CT molecular complexity index is 759. The molecule has 0 atom stereocenters. The van der Waals surface area contributed by atoms with Gasteiger partial charge in [0.25, 0.3) is 5.91 Å². The van der Waals surface area contributed by atoms with E-state index >= 15 is 0 Å².